The molecule has 0 aliphatic carbocycles. The van der Waals surface area contributed by atoms with Crippen LogP contribution in [0.1, 0.15) is 20.8 Å². The van der Waals surface area contributed by atoms with Crippen LogP contribution in [0.25, 0.3) is 0 Å². The van der Waals surface area contributed by atoms with E-state index in [-0.39, 0.29) is 5.17 Å². The number of halogens is 1. The highest BCUT2D eigenvalue weighted by atomic mass is 35.5. The average Bonchev–Trinajstić information content (AvgIpc) is 2.79. The topological polar surface area (TPSA) is 47.6 Å². The molecule has 0 aromatic heterocycles. The van der Waals surface area contributed by atoms with Crippen LogP contribution in [-0.4, -0.2) is 35.7 Å². The summed E-state index contributed by atoms with van der Waals surface area (Å²) in [4.78, 5) is 5.96. The van der Waals surface area contributed by atoms with Gasteiger partial charge in [0.2, 0.25) is 5.84 Å². The van der Waals surface area contributed by atoms with E-state index >= 15 is 0 Å². The minimum atomic E-state index is 0.0439. The molecule has 1 unspecified atom stereocenters. The van der Waals surface area contributed by atoms with Crippen LogP contribution in [0, 0.1) is 5.92 Å². The number of ether oxygens (including phenoxy) is 1. The van der Waals surface area contributed by atoms with Gasteiger partial charge in [0.15, 0.2) is 11.6 Å². The summed E-state index contributed by atoms with van der Waals surface area (Å²) >= 11 is 12.7. The molecule has 1 aliphatic heterocycles. The van der Waals surface area contributed by atoms with Crippen molar-refractivity contribution >= 4 is 46.6 Å². The first-order valence-electron chi connectivity index (χ1n) is 7.82. The summed E-state index contributed by atoms with van der Waals surface area (Å²) in [5.74, 6) is 1.22. The van der Waals surface area contributed by atoms with Gasteiger partial charge in [0.25, 0.3) is 5.17 Å². The molecule has 1 aliphatic rings. The SMILES string of the molecule is CC[N+]1(C)C(COC(N)=S)=NC(C(C)C)=C1Sc1cccc(Cl)c1. The number of thiocarbonyl (C=S) groups is 1. The fourth-order valence-electron chi connectivity index (χ4n) is 2.47. The second-order valence-electron chi connectivity index (χ2n) is 6.05. The summed E-state index contributed by atoms with van der Waals surface area (Å²) < 4.78 is 5.97. The molecule has 1 aromatic rings. The van der Waals surface area contributed by atoms with Crippen LogP contribution in [-0.2, 0) is 4.74 Å². The van der Waals surface area contributed by atoms with Gasteiger partial charge in [0.05, 0.1) is 13.6 Å². The zero-order chi connectivity index (χ0) is 17.9. The highest BCUT2D eigenvalue weighted by Crippen LogP contribution is 2.42. The van der Waals surface area contributed by atoms with E-state index in [0.717, 1.165) is 28.0 Å². The fourth-order valence-corrected chi connectivity index (χ4v) is 4.17. The maximum atomic E-state index is 6.14. The van der Waals surface area contributed by atoms with Gasteiger partial charge < -0.3 is 10.5 Å². The average molecular weight is 385 g/mol. The van der Waals surface area contributed by atoms with Crippen molar-refractivity contribution in [3.63, 3.8) is 0 Å². The van der Waals surface area contributed by atoms with Gasteiger partial charge in [0, 0.05) is 15.8 Å². The summed E-state index contributed by atoms with van der Waals surface area (Å²) in [6.07, 6.45) is 0. The molecule has 0 spiro atoms. The smallest absolute Gasteiger partial charge is 0.254 e. The lowest BCUT2D eigenvalue weighted by molar-refractivity contribution is -0.768. The number of allylic oxidation sites excluding steroid dienone is 1. The number of hydrogen-bond acceptors (Lipinski definition) is 4. The molecule has 2 rings (SSSR count). The van der Waals surface area contributed by atoms with Crippen LogP contribution >= 0.6 is 35.6 Å². The van der Waals surface area contributed by atoms with Crippen molar-refractivity contribution in [3.8, 4) is 0 Å². The van der Waals surface area contributed by atoms with Crippen LogP contribution in [0.5, 0.6) is 0 Å². The number of rotatable bonds is 6. The first kappa shape index (κ1) is 19.2. The van der Waals surface area contributed by atoms with Crippen molar-refractivity contribution in [2.75, 3.05) is 20.2 Å². The molecular weight excluding hydrogens is 362 g/mol. The Balaban J connectivity index is 2.38. The molecule has 2 N–H and O–H groups in total. The van der Waals surface area contributed by atoms with Crippen LogP contribution in [0.2, 0.25) is 5.02 Å². The Hall–Kier alpha value is -1.08. The number of hydrogen-bond donors (Lipinski definition) is 1. The van der Waals surface area contributed by atoms with Crippen LogP contribution in [0.3, 0.4) is 0 Å². The van der Waals surface area contributed by atoms with Crippen LogP contribution < -0.4 is 5.73 Å². The lowest BCUT2D eigenvalue weighted by atomic mass is 10.1. The van der Waals surface area contributed by atoms with Crippen molar-refractivity contribution < 1.29 is 9.22 Å². The third-order valence-corrected chi connectivity index (χ3v) is 5.67. The molecule has 0 saturated carbocycles. The zero-order valence-corrected chi connectivity index (χ0v) is 16.8. The first-order valence-corrected chi connectivity index (χ1v) is 9.42. The predicted molar refractivity (Wildman–Crippen MR) is 106 cm³/mol. The molecular formula is C17H23ClN3OS2+. The van der Waals surface area contributed by atoms with Gasteiger partial charge >= 0.3 is 0 Å². The molecule has 4 nitrogen and oxygen atoms in total. The van der Waals surface area contributed by atoms with E-state index in [2.05, 4.69) is 33.9 Å². The second-order valence-corrected chi connectivity index (χ2v) is 7.95. The van der Waals surface area contributed by atoms with Crippen molar-refractivity contribution in [2.45, 2.75) is 25.7 Å². The van der Waals surface area contributed by atoms with Crippen molar-refractivity contribution in [2.24, 2.45) is 16.6 Å². The van der Waals surface area contributed by atoms with E-state index < -0.39 is 0 Å². The largest absolute Gasteiger partial charge is 0.459 e. The molecule has 1 atom stereocenters. The molecule has 130 valence electrons. The molecule has 0 bridgehead atoms. The summed E-state index contributed by atoms with van der Waals surface area (Å²) in [6.45, 7) is 7.59. The molecule has 1 heterocycles. The number of nitrogens with two attached hydrogens (primary N) is 1. The Labute approximate surface area is 158 Å². The molecule has 0 radical (unpaired) electrons. The van der Waals surface area contributed by atoms with Gasteiger partial charge in [-0.3, -0.25) is 0 Å². The van der Waals surface area contributed by atoms with Gasteiger partial charge in [-0.05, 0) is 49.1 Å². The van der Waals surface area contributed by atoms with Crippen LogP contribution in [0.15, 0.2) is 44.9 Å². The predicted octanol–water partition coefficient (Wildman–Crippen LogP) is 4.40. The van der Waals surface area contributed by atoms with Gasteiger partial charge in [-0.15, -0.1) is 0 Å². The quantitative estimate of drug-likeness (QED) is 0.583. The first-order chi connectivity index (χ1) is 11.3. The molecule has 24 heavy (non-hydrogen) atoms. The van der Waals surface area contributed by atoms with E-state index in [1.807, 2.05) is 18.2 Å². The van der Waals surface area contributed by atoms with E-state index in [1.54, 1.807) is 11.8 Å². The van der Waals surface area contributed by atoms with Gasteiger partial charge in [-0.1, -0.05) is 31.5 Å². The number of benzene rings is 1. The lowest BCUT2D eigenvalue weighted by Crippen LogP contribution is -2.47. The highest BCUT2D eigenvalue weighted by Gasteiger charge is 2.42. The summed E-state index contributed by atoms with van der Waals surface area (Å²) in [5.41, 5.74) is 6.56. The summed E-state index contributed by atoms with van der Waals surface area (Å²) in [6, 6.07) is 7.87. The van der Waals surface area contributed by atoms with Crippen LogP contribution in [0.4, 0.5) is 0 Å². The Morgan fingerprint density at radius 1 is 1.46 bits per heavy atom. The van der Waals surface area contributed by atoms with E-state index in [0.29, 0.717) is 17.0 Å². The molecule has 0 amide bonds. The molecule has 7 heteroatoms. The van der Waals surface area contributed by atoms with Gasteiger partial charge in [-0.2, -0.15) is 4.99 Å². The minimum Gasteiger partial charge on any atom is -0.459 e. The third-order valence-electron chi connectivity index (χ3n) is 4.02. The van der Waals surface area contributed by atoms with Gasteiger partial charge in [0.1, 0.15) is 5.70 Å². The molecule has 0 saturated heterocycles. The summed E-state index contributed by atoms with van der Waals surface area (Å²) in [5, 5.41) is 1.96. The number of quaternary nitrogens is 1. The highest BCUT2D eigenvalue weighted by molar-refractivity contribution is 8.03. The second kappa shape index (κ2) is 7.87. The minimum absolute atomic E-state index is 0.0439. The van der Waals surface area contributed by atoms with E-state index in [9.17, 15) is 0 Å². The summed E-state index contributed by atoms with van der Waals surface area (Å²) in [7, 11) is 2.14. The maximum Gasteiger partial charge on any atom is 0.254 e. The number of aliphatic imine (C=N–C) groups is 1. The maximum absolute atomic E-state index is 6.14. The Kier molecular flexibility index (Phi) is 6.31. The number of thioether (sulfide) groups is 1. The van der Waals surface area contributed by atoms with Crippen molar-refractivity contribution in [1.29, 1.82) is 0 Å². The number of amidine groups is 1. The normalized spacial score (nSPS) is 20.5. The number of nitrogens with zero attached hydrogens (tertiary/aromatic N) is 2. The van der Waals surface area contributed by atoms with E-state index in [4.69, 9.17) is 39.3 Å². The Bertz CT molecular complexity index is 703. The zero-order valence-electron chi connectivity index (χ0n) is 14.4. The standard InChI is InChI=1S/C17H22ClN3OS2/c1-5-21(4)14(10-22-17(19)23)20-15(11(2)3)16(21)24-13-8-6-7-12(18)9-13/h6-9,11H,5,10H2,1-4H3,(H-,19,23)/p+1. The third kappa shape index (κ3) is 4.11. The van der Waals surface area contributed by atoms with Gasteiger partial charge in [-0.25, -0.2) is 4.48 Å². The molecule has 0 fully saturated rings. The fraction of sp³-hybridized carbons (Fsp3) is 0.412. The Morgan fingerprint density at radius 3 is 2.71 bits per heavy atom. The van der Waals surface area contributed by atoms with E-state index in [1.165, 1.54) is 5.03 Å². The van der Waals surface area contributed by atoms with Crippen molar-refractivity contribution in [1.82, 2.24) is 0 Å². The molecule has 1 aromatic carbocycles. The lowest BCUT2D eigenvalue weighted by Gasteiger charge is -2.30. The Morgan fingerprint density at radius 2 is 2.17 bits per heavy atom. The monoisotopic (exact) mass is 384 g/mol. The van der Waals surface area contributed by atoms with Crippen molar-refractivity contribution in [3.05, 3.63) is 40.0 Å². The number of likely N-dealkylation sites (N-methyl/N-ethyl adjacent to an activating group) is 1.